The average molecular weight is 298 g/mol. The Bertz CT molecular complexity index is 743. The van der Waals surface area contributed by atoms with Gasteiger partial charge in [0.1, 0.15) is 11.8 Å². The summed E-state index contributed by atoms with van der Waals surface area (Å²) >= 11 is 0. The number of aromatic nitrogens is 2. The van der Waals surface area contributed by atoms with E-state index in [1.54, 1.807) is 35.9 Å². The van der Waals surface area contributed by atoms with Crippen LogP contribution in [0.5, 0.6) is 5.75 Å². The van der Waals surface area contributed by atoms with Crippen molar-refractivity contribution < 1.29 is 9.53 Å². The highest BCUT2D eigenvalue weighted by atomic mass is 16.5. The Morgan fingerprint density at radius 2 is 2.09 bits per heavy atom. The van der Waals surface area contributed by atoms with Crippen molar-refractivity contribution in [3.63, 3.8) is 0 Å². The number of anilines is 1. The number of hydrogen-bond acceptors (Lipinski definition) is 4. The van der Waals surface area contributed by atoms with Crippen LogP contribution in [0.25, 0.3) is 0 Å². The van der Waals surface area contributed by atoms with Gasteiger partial charge in [0.2, 0.25) is 0 Å². The summed E-state index contributed by atoms with van der Waals surface area (Å²) in [5, 5.41) is 16.1. The van der Waals surface area contributed by atoms with Crippen LogP contribution in [0.4, 0.5) is 5.69 Å². The van der Waals surface area contributed by atoms with Crippen LogP contribution in [0.2, 0.25) is 0 Å². The molecule has 114 valence electrons. The fourth-order valence-electron chi connectivity index (χ4n) is 2.09. The van der Waals surface area contributed by atoms with E-state index in [4.69, 9.17) is 10.00 Å². The number of amides is 1. The highest BCUT2D eigenvalue weighted by Crippen LogP contribution is 2.21. The molecule has 2 aromatic rings. The molecule has 0 aliphatic rings. The van der Waals surface area contributed by atoms with Crippen LogP contribution in [-0.2, 0) is 11.8 Å². The van der Waals surface area contributed by atoms with Crippen molar-refractivity contribution in [3.05, 3.63) is 41.2 Å². The van der Waals surface area contributed by atoms with Gasteiger partial charge in [-0.05, 0) is 32.9 Å². The van der Waals surface area contributed by atoms with E-state index < -0.39 is 6.10 Å². The molecule has 1 heterocycles. The topological polar surface area (TPSA) is 79.9 Å². The molecular formula is C16H18N4O2. The van der Waals surface area contributed by atoms with E-state index in [0.717, 1.165) is 11.4 Å². The third kappa shape index (κ3) is 3.09. The Balaban J connectivity index is 2.11. The number of carbonyl (C=O) groups excluding carboxylic acids is 1. The van der Waals surface area contributed by atoms with E-state index in [1.807, 2.05) is 27.0 Å². The van der Waals surface area contributed by atoms with Crippen molar-refractivity contribution in [2.45, 2.75) is 26.9 Å². The first-order valence-corrected chi connectivity index (χ1v) is 6.91. The number of para-hydroxylation sites is 1. The lowest BCUT2D eigenvalue weighted by Gasteiger charge is -2.15. The zero-order valence-electron chi connectivity index (χ0n) is 13.0. The van der Waals surface area contributed by atoms with Gasteiger partial charge in [0.05, 0.1) is 22.6 Å². The van der Waals surface area contributed by atoms with E-state index in [9.17, 15) is 4.79 Å². The molecule has 6 heteroatoms. The molecule has 0 saturated heterocycles. The number of rotatable bonds is 4. The van der Waals surface area contributed by atoms with Gasteiger partial charge in [0.25, 0.3) is 5.91 Å². The number of ether oxygens (including phenoxy) is 1. The normalized spacial score (nSPS) is 11.6. The summed E-state index contributed by atoms with van der Waals surface area (Å²) in [4.78, 5) is 12.3. The molecule has 22 heavy (non-hydrogen) atoms. The second-order valence-corrected chi connectivity index (χ2v) is 5.03. The van der Waals surface area contributed by atoms with Crippen molar-refractivity contribution in [1.82, 2.24) is 9.78 Å². The van der Waals surface area contributed by atoms with Gasteiger partial charge in [0, 0.05) is 7.05 Å². The van der Waals surface area contributed by atoms with Crippen LogP contribution < -0.4 is 10.1 Å². The molecule has 0 unspecified atom stereocenters. The number of benzene rings is 1. The lowest BCUT2D eigenvalue weighted by Crippen LogP contribution is -2.30. The van der Waals surface area contributed by atoms with Gasteiger partial charge in [-0.3, -0.25) is 9.48 Å². The number of carbonyl (C=O) groups is 1. The maximum absolute atomic E-state index is 12.3. The molecule has 1 atom stereocenters. The van der Waals surface area contributed by atoms with Gasteiger partial charge in [-0.25, -0.2) is 0 Å². The molecule has 0 radical (unpaired) electrons. The Morgan fingerprint density at radius 3 is 2.68 bits per heavy atom. The molecule has 0 aliphatic carbocycles. The highest BCUT2D eigenvalue weighted by molar-refractivity contribution is 5.95. The molecule has 1 amide bonds. The Labute approximate surface area is 129 Å². The molecule has 1 N–H and O–H groups in total. The second kappa shape index (κ2) is 6.31. The minimum Gasteiger partial charge on any atom is -0.480 e. The maximum atomic E-state index is 12.3. The number of nitriles is 1. The fourth-order valence-corrected chi connectivity index (χ4v) is 2.09. The maximum Gasteiger partial charge on any atom is 0.265 e. The van der Waals surface area contributed by atoms with Crippen molar-refractivity contribution in [1.29, 1.82) is 5.26 Å². The lowest BCUT2D eigenvalue weighted by molar-refractivity contribution is -0.122. The average Bonchev–Trinajstić information content (AvgIpc) is 2.74. The van der Waals surface area contributed by atoms with Gasteiger partial charge in [-0.2, -0.15) is 10.4 Å². The molecule has 1 aromatic heterocycles. The largest absolute Gasteiger partial charge is 0.480 e. The molecule has 0 bridgehead atoms. The SMILES string of the molecule is Cc1nn(C)c(C)c1NC(=O)[C@@H](C)Oc1ccccc1C#N. The summed E-state index contributed by atoms with van der Waals surface area (Å²) in [6.07, 6.45) is -0.728. The van der Waals surface area contributed by atoms with Crippen LogP contribution in [0.3, 0.4) is 0 Å². The molecule has 2 rings (SSSR count). The van der Waals surface area contributed by atoms with Crippen LogP contribution in [0, 0.1) is 25.2 Å². The van der Waals surface area contributed by atoms with Crippen molar-refractivity contribution in [2.24, 2.45) is 7.05 Å². The quantitative estimate of drug-likeness (QED) is 0.939. The fraction of sp³-hybridized carbons (Fsp3) is 0.312. The number of nitrogens with one attached hydrogen (secondary N) is 1. The Morgan fingerprint density at radius 1 is 1.41 bits per heavy atom. The Kier molecular flexibility index (Phi) is 4.47. The summed E-state index contributed by atoms with van der Waals surface area (Å²) in [5.74, 6) is 0.110. The number of nitrogens with zero attached hydrogens (tertiary/aromatic N) is 3. The van der Waals surface area contributed by atoms with Crippen LogP contribution in [0.1, 0.15) is 23.9 Å². The summed E-state index contributed by atoms with van der Waals surface area (Å²) in [7, 11) is 1.82. The van der Waals surface area contributed by atoms with Crippen molar-refractivity contribution in [2.75, 3.05) is 5.32 Å². The van der Waals surface area contributed by atoms with Crippen LogP contribution >= 0.6 is 0 Å². The first-order chi connectivity index (χ1) is 10.4. The summed E-state index contributed by atoms with van der Waals surface area (Å²) in [5.41, 5.74) is 2.71. The molecule has 0 aliphatic heterocycles. The van der Waals surface area contributed by atoms with Crippen LogP contribution in [-0.4, -0.2) is 21.8 Å². The number of aryl methyl sites for hydroxylation is 2. The molecular weight excluding hydrogens is 280 g/mol. The van der Waals surface area contributed by atoms with Gasteiger partial charge < -0.3 is 10.1 Å². The van der Waals surface area contributed by atoms with Gasteiger partial charge >= 0.3 is 0 Å². The minimum absolute atomic E-state index is 0.285. The highest BCUT2D eigenvalue weighted by Gasteiger charge is 2.19. The predicted octanol–water partition coefficient (Wildman–Crippen LogP) is 2.31. The Hall–Kier alpha value is -2.81. The standard InChI is InChI=1S/C16H18N4O2/c1-10-15(11(2)20(4)19-10)18-16(21)12(3)22-14-8-6-5-7-13(14)9-17/h5-8,12H,1-4H3,(H,18,21)/t12-/m1/s1. The molecule has 1 aromatic carbocycles. The van der Waals surface area contributed by atoms with E-state index in [2.05, 4.69) is 10.4 Å². The lowest BCUT2D eigenvalue weighted by atomic mass is 10.2. The monoisotopic (exact) mass is 298 g/mol. The predicted molar refractivity (Wildman–Crippen MR) is 82.6 cm³/mol. The third-order valence-corrected chi connectivity index (χ3v) is 3.44. The van der Waals surface area contributed by atoms with Crippen molar-refractivity contribution >= 4 is 11.6 Å². The molecule has 0 spiro atoms. The smallest absolute Gasteiger partial charge is 0.265 e. The van der Waals surface area contributed by atoms with Gasteiger partial charge in [-0.1, -0.05) is 12.1 Å². The van der Waals surface area contributed by atoms with Crippen LogP contribution in [0.15, 0.2) is 24.3 Å². The third-order valence-electron chi connectivity index (χ3n) is 3.44. The van der Waals surface area contributed by atoms with Crippen molar-refractivity contribution in [3.8, 4) is 11.8 Å². The first-order valence-electron chi connectivity index (χ1n) is 6.91. The van der Waals surface area contributed by atoms with E-state index in [1.165, 1.54) is 0 Å². The summed E-state index contributed by atoms with van der Waals surface area (Å²) in [6, 6.07) is 8.87. The minimum atomic E-state index is -0.728. The van der Waals surface area contributed by atoms with E-state index in [0.29, 0.717) is 17.0 Å². The van der Waals surface area contributed by atoms with Gasteiger partial charge in [0.15, 0.2) is 6.10 Å². The van der Waals surface area contributed by atoms with E-state index in [-0.39, 0.29) is 5.91 Å². The molecule has 6 nitrogen and oxygen atoms in total. The zero-order valence-corrected chi connectivity index (χ0v) is 13.0. The number of hydrogen-bond donors (Lipinski definition) is 1. The van der Waals surface area contributed by atoms with E-state index >= 15 is 0 Å². The molecule has 0 fully saturated rings. The second-order valence-electron chi connectivity index (χ2n) is 5.03. The van der Waals surface area contributed by atoms with Gasteiger partial charge in [-0.15, -0.1) is 0 Å². The summed E-state index contributed by atoms with van der Waals surface area (Å²) in [6.45, 7) is 5.36. The summed E-state index contributed by atoms with van der Waals surface area (Å²) < 4.78 is 7.30. The first kappa shape index (κ1) is 15.6. The molecule has 0 saturated carbocycles. The zero-order chi connectivity index (χ0) is 16.3.